The molecule has 0 bridgehead atoms. The molecule has 3 aliphatic heterocycles. The van der Waals surface area contributed by atoms with Crippen LogP contribution in [-0.4, -0.2) is 87.8 Å². The molecule has 2 aromatic carbocycles. The number of ether oxygens (including phenoxy) is 1. The summed E-state index contributed by atoms with van der Waals surface area (Å²) in [5.74, 6) is 3.01. The second-order valence-electron chi connectivity index (χ2n) is 19.1. The Labute approximate surface area is 376 Å². The summed E-state index contributed by atoms with van der Waals surface area (Å²) in [5.41, 5.74) is 10.5. The molecule has 8 heterocycles. The molecule has 14 nitrogen and oxygen atoms in total. The highest BCUT2D eigenvalue weighted by atomic mass is 16.5. The van der Waals surface area contributed by atoms with Crippen LogP contribution in [0.3, 0.4) is 0 Å². The van der Waals surface area contributed by atoms with Gasteiger partial charge < -0.3 is 23.7 Å². The molecule has 328 valence electrons. The van der Waals surface area contributed by atoms with Gasteiger partial charge in [-0.2, -0.15) is 10.4 Å². The normalized spacial score (nSPS) is 22.2. The lowest BCUT2D eigenvalue weighted by Crippen LogP contribution is -2.43. The minimum atomic E-state index is -0.454. The number of carbonyl (C=O) groups is 2. The molecule has 14 heteroatoms. The summed E-state index contributed by atoms with van der Waals surface area (Å²) in [6, 6.07) is 18.3. The van der Waals surface area contributed by atoms with Gasteiger partial charge >= 0.3 is 0 Å². The van der Waals surface area contributed by atoms with Crippen molar-refractivity contribution in [3.05, 3.63) is 101 Å². The predicted octanol–water partition coefficient (Wildman–Crippen LogP) is 8.10. The summed E-state index contributed by atoms with van der Waals surface area (Å²) >= 11 is 0. The third-order valence-electron chi connectivity index (χ3n) is 15.0. The van der Waals surface area contributed by atoms with Gasteiger partial charge in [0.05, 0.1) is 65.4 Å². The number of nitrogens with zero attached hydrogens (tertiary/aromatic N) is 11. The summed E-state index contributed by atoms with van der Waals surface area (Å²) in [7, 11) is 5.66. The Morgan fingerprint density at radius 1 is 0.769 bits per heavy atom. The zero-order chi connectivity index (χ0) is 44.4. The van der Waals surface area contributed by atoms with Gasteiger partial charge in [-0.3, -0.25) is 19.3 Å². The van der Waals surface area contributed by atoms with E-state index in [1.807, 2.05) is 69.2 Å². The molecule has 2 aliphatic carbocycles. The molecule has 0 N–H and O–H groups in total. The van der Waals surface area contributed by atoms with Gasteiger partial charge in [0.15, 0.2) is 0 Å². The average molecular weight is 866 g/mol. The van der Waals surface area contributed by atoms with Crippen molar-refractivity contribution in [1.29, 1.82) is 5.26 Å². The third kappa shape index (κ3) is 6.33. The number of nitriles is 1. The van der Waals surface area contributed by atoms with Crippen LogP contribution < -0.4 is 0 Å². The highest BCUT2D eigenvalue weighted by Gasteiger charge is 2.43. The van der Waals surface area contributed by atoms with E-state index in [9.17, 15) is 14.9 Å². The topological polar surface area (TPSA) is 153 Å². The lowest BCUT2D eigenvalue weighted by molar-refractivity contribution is -0.137. The van der Waals surface area contributed by atoms with Gasteiger partial charge in [0, 0.05) is 90.6 Å². The maximum Gasteiger partial charge on any atom is 0.245 e. The number of benzene rings is 2. The summed E-state index contributed by atoms with van der Waals surface area (Å²) in [4.78, 5) is 52.3. The van der Waals surface area contributed by atoms with E-state index in [0.717, 1.165) is 116 Å². The van der Waals surface area contributed by atoms with E-state index in [-0.39, 0.29) is 35.6 Å². The number of amides is 2. The van der Waals surface area contributed by atoms with Crippen molar-refractivity contribution in [3.63, 3.8) is 0 Å². The van der Waals surface area contributed by atoms with Crippen LogP contribution >= 0.6 is 0 Å². The van der Waals surface area contributed by atoms with Crippen LogP contribution in [0, 0.1) is 24.2 Å². The maximum atomic E-state index is 14.5. The first-order valence-corrected chi connectivity index (χ1v) is 23.1. The van der Waals surface area contributed by atoms with Crippen molar-refractivity contribution in [2.45, 2.75) is 95.3 Å². The fourth-order valence-electron chi connectivity index (χ4n) is 11.1. The molecule has 4 unspecified atom stereocenters. The molecule has 7 aromatic rings. The molecule has 3 fully saturated rings. The Balaban J connectivity index is 0.906. The van der Waals surface area contributed by atoms with E-state index < -0.39 is 6.04 Å². The molecular formula is C51H51N11O3. The number of hydrogen-bond acceptors (Lipinski definition) is 9. The Bertz CT molecular complexity index is 3180. The van der Waals surface area contributed by atoms with Gasteiger partial charge in [-0.15, -0.1) is 0 Å². The van der Waals surface area contributed by atoms with Crippen molar-refractivity contribution in [1.82, 2.24) is 48.7 Å². The Hall–Kier alpha value is -6.72. The number of rotatable bonds is 8. The van der Waals surface area contributed by atoms with Gasteiger partial charge in [-0.25, -0.2) is 15.0 Å². The fraction of sp³-hybridized carbons (Fsp3) is 0.412. The van der Waals surface area contributed by atoms with E-state index in [1.165, 1.54) is 0 Å². The van der Waals surface area contributed by atoms with Crippen LogP contribution in [0.4, 0.5) is 0 Å². The molecule has 12 rings (SSSR count). The van der Waals surface area contributed by atoms with E-state index >= 15 is 0 Å². The Morgan fingerprint density at radius 3 is 2.14 bits per heavy atom. The summed E-state index contributed by atoms with van der Waals surface area (Å²) in [6.07, 6.45) is 9.46. The molecule has 4 atom stereocenters. The first-order chi connectivity index (χ1) is 31.6. The number of aryl methyl sites for hydroxylation is 1. The van der Waals surface area contributed by atoms with Gasteiger partial charge in [0.2, 0.25) is 11.8 Å². The minimum Gasteiger partial charge on any atom is -0.381 e. The van der Waals surface area contributed by atoms with E-state index in [2.05, 4.69) is 50.6 Å². The van der Waals surface area contributed by atoms with Crippen molar-refractivity contribution < 1.29 is 14.3 Å². The van der Waals surface area contributed by atoms with E-state index in [0.29, 0.717) is 49.9 Å². The number of carbonyl (C=O) groups excluding carboxylic acids is 2. The van der Waals surface area contributed by atoms with Crippen LogP contribution in [0.2, 0.25) is 0 Å². The fourth-order valence-corrected chi connectivity index (χ4v) is 11.1. The maximum absolute atomic E-state index is 14.5. The second-order valence-corrected chi connectivity index (χ2v) is 19.1. The van der Waals surface area contributed by atoms with Gasteiger partial charge in [0.25, 0.3) is 0 Å². The van der Waals surface area contributed by atoms with Crippen LogP contribution in [0.25, 0.3) is 55.4 Å². The monoisotopic (exact) mass is 865 g/mol. The number of likely N-dealkylation sites (N-methyl/N-ethyl adjacent to an activating group) is 2. The second kappa shape index (κ2) is 14.9. The summed E-state index contributed by atoms with van der Waals surface area (Å²) in [6.45, 7) is 6.09. The molecular weight excluding hydrogens is 815 g/mol. The van der Waals surface area contributed by atoms with Crippen molar-refractivity contribution in [3.8, 4) is 39.8 Å². The van der Waals surface area contributed by atoms with Crippen molar-refractivity contribution in [2.75, 3.05) is 27.3 Å². The van der Waals surface area contributed by atoms with Crippen molar-refractivity contribution >= 4 is 33.5 Å². The largest absolute Gasteiger partial charge is 0.381 e. The molecule has 0 spiro atoms. The van der Waals surface area contributed by atoms with Crippen LogP contribution in [0.15, 0.2) is 60.9 Å². The summed E-state index contributed by atoms with van der Waals surface area (Å²) in [5, 5.41) is 17.8. The highest BCUT2D eigenvalue weighted by molar-refractivity contribution is 5.98. The number of aromatic nitrogens is 8. The van der Waals surface area contributed by atoms with Gasteiger partial charge in [-0.1, -0.05) is 30.3 Å². The average Bonchev–Trinajstić information content (AvgIpc) is 4.26. The predicted molar refractivity (Wildman–Crippen MR) is 245 cm³/mol. The molecule has 2 saturated carbocycles. The van der Waals surface area contributed by atoms with Crippen LogP contribution in [0.5, 0.6) is 0 Å². The lowest BCUT2D eigenvalue weighted by atomic mass is 9.80. The smallest absolute Gasteiger partial charge is 0.245 e. The molecule has 1 saturated heterocycles. The molecule has 5 aliphatic rings. The Morgan fingerprint density at radius 2 is 1.45 bits per heavy atom. The Kier molecular flexibility index (Phi) is 9.14. The van der Waals surface area contributed by atoms with E-state index in [4.69, 9.17) is 24.7 Å². The zero-order valence-electron chi connectivity index (χ0n) is 37.5. The third-order valence-corrected chi connectivity index (χ3v) is 15.0. The molecule has 0 radical (unpaired) electrons. The first-order valence-electron chi connectivity index (χ1n) is 23.1. The first kappa shape index (κ1) is 39.8. The van der Waals surface area contributed by atoms with Crippen molar-refractivity contribution in [2.24, 2.45) is 13.0 Å². The van der Waals surface area contributed by atoms with Gasteiger partial charge in [0.1, 0.15) is 29.8 Å². The summed E-state index contributed by atoms with van der Waals surface area (Å²) < 4.78 is 12.5. The van der Waals surface area contributed by atoms with E-state index in [1.54, 1.807) is 10.9 Å². The number of imidazole rings is 2. The molecule has 5 aromatic heterocycles. The standard InChI is InChI=1S/C51H51N11O3/c1-27-38(23-54-60(27)5)45-32(21-52)18-37-35(10-7-11-40(37)55-45)46-44-25-59(4)51(64)42(62(44)49(57-46)30-14-15-30)20-33-26-65-17-16-34(33)41-19-31-8-6-9-36(39(31)22-53-41)47-43-24-58(3)50(63)28(2)61(43)48(56-47)29-12-13-29/h6-11,18-19,22-23,28-30,33-34,42H,12-17,20,24-26H2,1-5H3. The van der Waals surface area contributed by atoms with Gasteiger partial charge in [-0.05, 0) is 81.9 Å². The zero-order valence-corrected chi connectivity index (χ0v) is 37.5. The number of pyridine rings is 2. The quantitative estimate of drug-likeness (QED) is 0.148. The van der Waals surface area contributed by atoms with Crippen LogP contribution in [0.1, 0.15) is 115 Å². The SMILES string of the molecule is Cc1c(-c2nc3cccc(-c4nc(C5CC5)n5c4CN(C)C(=O)C5CC4COCCC4c4cc5cccc(-c6nc(C7CC7)n7c6CN(C)C(=O)C7C)c5cn4)c3cc2C#N)cnn1C. The molecule has 2 amide bonds. The highest BCUT2D eigenvalue weighted by Crippen LogP contribution is 2.49. The number of fused-ring (bicyclic) bond motifs is 4. The lowest BCUT2D eigenvalue weighted by Gasteiger charge is -2.38. The van der Waals surface area contributed by atoms with Crippen LogP contribution in [-0.2, 0) is 34.5 Å². The molecule has 65 heavy (non-hydrogen) atoms. The number of hydrogen-bond donors (Lipinski definition) is 0. The minimum absolute atomic E-state index is 0.0354.